The van der Waals surface area contributed by atoms with E-state index < -0.39 is 8.24 Å². The molecule has 0 atom stereocenters. The highest BCUT2D eigenvalue weighted by Crippen LogP contribution is 2.42. The van der Waals surface area contributed by atoms with Gasteiger partial charge >= 0.3 is 4.87 Å². The van der Waals surface area contributed by atoms with Crippen molar-refractivity contribution in [3.05, 3.63) is 61.7 Å². The molecule has 2 aromatic carbocycles. The number of carbonyl (C=O) groups excluding carboxylic acids is 1. The van der Waals surface area contributed by atoms with Crippen LogP contribution in [-0.4, -0.2) is 18.7 Å². The van der Waals surface area contributed by atoms with Gasteiger partial charge in [0.2, 0.25) is 5.91 Å². The number of para-hydroxylation sites is 1. The Morgan fingerprint density at radius 3 is 2.30 bits per heavy atom. The van der Waals surface area contributed by atoms with Crippen molar-refractivity contribution in [3.8, 4) is 0 Å². The van der Waals surface area contributed by atoms with E-state index in [4.69, 9.17) is 0 Å². The van der Waals surface area contributed by atoms with Crippen molar-refractivity contribution in [2.75, 3.05) is 4.57 Å². The summed E-state index contributed by atoms with van der Waals surface area (Å²) in [5.41, 5.74) is 3.96. The minimum absolute atomic E-state index is 0.0243. The van der Waals surface area contributed by atoms with Gasteiger partial charge in [-0.25, -0.2) is 0 Å². The maximum atomic E-state index is 13.9. The van der Waals surface area contributed by atoms with Gasteiger partial charge in [0.1, 0.15) is 6.54 Å². The van der Waals surface area contributed by atoms with Crippen LogP contribution in [0.4, 0.5) is 5.69 Å². The summed E-state index contributed by atoms with van der Waals surface area (Å²) in [6, 6.07) is 11.9. The van der Waals surface area contributed by atoms with Crippen LogP contribution in [0.2, 0.25) is 18.1 Å². The monoisotopic (exact) mass is 504 g/mol. The van der Waals surface area contributed by atoms with E-state index in [1.54, 1.807) is 4.57 Å². The number of hydrogen-bond acceptors (Lipinski definition) is 3. The molecular weight excluding hydrogens is 476 g/mol. The minimum Gasteiger partial charge on any atom is -0.338 e. The summed E-state index contributed by atoms with van der Waals surface area (Å²) in [4.78, 5) is 26.5. The van der Waals surface area contributed by atoms with Crippen molar-refractivity contribution >= 4 is 57.3 Å². The van der Waals surface area contributed by atoms with Gasteiger partial charge < -0.3 is 4.57 Å². The molecule has 3 rings (SSSR count). The maximum Gasteiger partial charge on any atom is 0.308 e. The second-order valence-electron chi connectivity index (χ2n) is 9.34. The first-order chi connectivity index (χ1) is 13.8. The van der Waals surface area contributed by atoms with Crippen LogP contribution in [0.25, 0.3) is 10.2 Å². The van der Waals surface area contributed by atoms with Crippen LogP contribution in [0, 0.1) is 13.8 Å². The van der Waals surface area contributed by atoms with Crippen LogP contribution >= 0.6 is 27.3 Å². The number of thiazole rings is 1. The van der Waals surface area contributed by atoms with Gasteiger partial charge in [0.05, 0.1) is 10.2 Å². The van der Waals surface area contributed by atoms with Crippen LogP contribution < -0.4 is 9.44 Å². The van der Waals surface area contributed by atoms with Crippen LogP contribution in [0.3, 0.4) is 0 Å². The number of amides is 1. The summed E-state index contributed by atoms with van der Waals surface area (Å²) in [6.45, 7) is 15.2. The van der Waals surface area contributed by atoms with E-state index in [-0.39, 0.29) is 22.4 Å². The molecule has 0 saturated carbocycles. The fourth-order valence-electron chi connectivity index (χ4n) is 3.61. The maximum absolute atomic E-state index is 13.9. The lowest BCUT2D eigenvalue weighted by Crippen LogP contribution is -2.59. The highest BCUT2D eigenvalue weighted by atomic mass is 79.9. The molecule has 0 aliphatic rings. The molecule has 160 valence electrons. The molecular formula is C23H29BrN2O2SSi. The Labute approximate surface area is 191 Å². The molecule has 3 aromatic rings. The molecule has 0 aliphatic carbocycles. The highest BCUT2D eigenvalue weighted by molar-refractivity contribution is 9.10. The molecule has 0 bridgehead atoms. The van der Waals surface area contributed by atoms with Gasteiger partial charge in [0.25, 0.3) is 0 Å². The zero-order valence-corrected chi connectivity index (χ0v) is 22.1. The van der Waals surface area contributed by atoms with Crippen LogP contribution in [-0.2, 0) is 11.3 Å². The molecule has 0 unspecified atom stereocenters. The smallest absolute Gasteiger partial charge is 0.308 e. The standard InChI is InChI=1S/C23H29BrN2O2SSi/c1-15-9-8-10-16(2)21(15)26(30(6,7)23(3,4)5)20(27)14-25-18-12-11-17(24)13-19(18)29-22(25)28/h8-13H,14H2,1-7H3. The fourth-order valence-corrected chi connectivity index (χ4v) is 7.32. The fraction of sp³-hybridized carbons (Fsp3) is 0.391. The molecule has 0 N–H and O–H groups in total. The molecule has 0 aliphatic heterocycles. The molecule has 4 nitrogen and oxygen atoms in total. The zero-order valence-electron chi connectivity index (χ0n) is 18.7. The molecule has 0 saturated heterocycles. The number of hydrogen-bond donors (Lipinski definition) is 0. The average molecular weight is 506 g/mol. The van der Waals surface area contributed by atoms with Gasteiger partial charge in [-0.1, -0.05) is 79.3 Å². The third-order valence-electron chi connectivity index (χ3n) is 6.23. The van der Waals surface area contributed by atoms with Crippen LogP contribution in [0.1, 0.15) is 31.9 Å². The van der Waals surface area contributed by atoms with E-state index in [1.165, 1.54) is 11.3 Å². The summed E-state index contributed by atoms with van der Waals surface area (Å²) in [6.07, 6.45) is 0. The zero-order chi connectivity index (χ0) is 22.4. The van der Waals surface area contributed by atoms with E-state index >= 15 is 0 Å². The Kier molecular flexibility index (Phi) is 6.20. The lowest BCUT2D eigenvalue weighted by molar-refractivity contribution is -0.118. The molecule has 30 heavy (non-hydrogen) atoms. The topological polar surface area (TPSA) is 42.3 Å². The largest absolute Gasteiger partial charge is 0.338 e. The number of carbonyl (C=O) groups is 1. The first-order valence-corrected chi connectivity index (χ1v) is 14.6. The number of rotatable bonds is 4. The number of fused-ring (bicyclic) bond motifs is 1. The van der Waals surface area contributed by atoms with Crippen molar-refractivity contribution < 1.29 is 4.79 Å². The second kappa shape index (κ2) is 8.09. The van der Waals surface area contributed by atoms with Gasteiger partial charge in [-0.05, 0) is 48.2 Å². The third kappa shape index (κ3) is 4.07. The van der Waals surface area contributed by atoms with Gasteiger partial charge in [-0.2, -0.15) is 0 Å². The molecule has 0 radical (unpaired) electrons. The van der Waals surface area contributed by atoms with Gasteiger partial charge in [0.15, 0.2) is 8.24 Å². The van der Waals surface area contributed by atoms with E-state index in [2.05, 4.69) is 75.8 Å². The Hall–Kier alpha value is -1.70. The first kappa shape index (κ1) is 23.0. The molecule has 1 aromatic heterocycles. The van der Waals surface area contributed by atoms with Crippen molar-refractivity contribution in [3.63, 3.8) is 0 Å². The summed E-state index contributed by atoms with van der Waals surface area (Å²) in [7, 11) is -2.26. The molecule has 0 spiro atoms. The van der Waals surface area contributed by atoms with Crippen LogP contribution in [0.5, 0.6) is 0 Å². The van der Waals surface area contributed by atoms with Crippen molar-refractivity contribution in [1.29, 1.82) is 0 Å². The number of nitrogens with zero attached hydrogens (tertiary/aromatic N) is 2. The van der Waals surface area contributed by atoms with Crippen LogP contribution in [0.15, 0.2) is 45.7 Å². The quantitative estimate of drug-likeness (QED) is 0.381. The van der Waals surface area contributed by atoms with Gasteiger partial charge in [0, 0.05) is 10.2 Å². The Morgan fingerprint density at radius 2 is 1.73 bits per heavy atom. The summed E-state index contributed by atoms with van der Waals surface area (Å²) in [5, 5.41) is -0.0378. The van der Waals surface area contributed by atoms with Crippen molar-refractivity contribution in [2.24, 2.45) is 0 Å². The van der Waals surface area contributed by atoms with E-state index in [0.29, 0.717) is 0 Å². The Bertz CT molecular complexity index is 1150. The molecule has 1 heterocycles. The van der Waals surface area contributed by atoms with E-state index in [9.17, 15) is 9.59 Å². The number of anilines is 1. The van der Waals surface area contributed by atoms with E-state index in [1.807, 2.05) is 28.8 Å². The van der Waals surface area contributed by atoms with Crippen molar-refractivity contribution in [2.45, 2.75) is 59.3 Å². The number of halogens is 1. The van der Waals surface area contributed by atoms with E-state index in [0.717, 1.165) is 31.5 Å². The predicted molar refractivity (Wildman–Crippen MR) is 134 cm³/mol. The Balaban J connectivity index is 2.15. The highest BCUT2D eigenvalue weighted by Gasteiger charge is 2.45. The lowest BCUT2D eigenvalue weighted by atomic mass is 10.1. The van der Waals surface area contributed by atoms with Crippen molar-refractivity contribution in [1.82, 2.24) is 4.57 Å². The number of aryl methyl sites for hydroxylation is 2. The molecule has 1 amide bonds. The SMILES string of the molecule is Cc1cccc(C)c1N(C(=O)Cn1c(=O)sc2cc(Br)ccc21)[Si](C)(C)C(C)(C)C. The first-order valence-electron chi connectivity index (χ1n) is 10.0. The van der Waals surface area contributed by atoms with Gasteiger partial charge in [-0.15, -0.1) is 0 Å². The number of benzene rings is 2. The average Bonchev–Trinajstić information content (AvgIpc) is 2.91. The van der Waals surface area contributed by atoms with Gasteiger partial charge in [-0.3, -0.25) is 14.2 Å². The predicted octanol–water partition coefficient (Wildman–Crippen LogP) is 6.48. The third-order valence-corrected chi connectivity index (χ3v) is 12.9. The number of aromatic nitrogens is 1. The molecule has 0 fully saturated rings. The molecule has 7 heteroatoms. The minimum atomic E-state index is -2.26. The summed E-state index contributed by atoms with van der Waals surface area (Å²) >= 11 is 4.64. The second-order valence-corrected chi connectivity index (χ2v) is 16.3. The lowest BCUT2D eigenvalue weighted by Gasteiger charge is -2.47. The Morgan fingerprint density at radius 1 is 1.13 bits per heavy atom. The summed E-state index contributed by atoms with van der Waals surface area (Å²) < 4.78 is 5.47. The normalized spacial score (nSPS) is 12.4. The summed E-state index contributed by atoms with van der Waals surface area (Å²) in [5.74, 6) is -0.0243.